The molecule has 0 aliphatic carbocycles. The summed E-state index contributed by atoms with van der Waals surface area (Å²) in [6.07, 6.45) is 2.75. The number of nitrogens with one attached hydrogen (secondary N) is 4. The van der Waals surface area contributed by atoms with Crippen LogP contribution in [-0.2, 0) is 19.2 Å². The lowest BCUT2D eigenvalue weighted by Crippen LogP contribution is -2.54. The number of para-hydroxylation sites is 1. The molecule has 1 unspecified atom stereocenters. The number of aryl methyl sites for hydroxylation is 2. The smallest absolute Gasteiger partial charge is 0.267 e. The first-order chi connectivity index (χ1) is 27.9. The maximum absolute atomic E-state index is 13.3. The molecule has 0 radical (unpaired) electrons. The van der Waals surface area contributed by atoms with Crippen molar-refractivity contribution in [2.45, 2.75) is 58.4 Å². The van der Waals surface area contributed by atoms with E-state index in [1.54, 1.807) is 30.0 Å². The van der Waals surface area contributed by atoms with Crippen molar-refractivity contribution in [2.75, 3.05) is 47.0 Å². The number of unbranched alkanes of at least 4 members (excludes halogenated alkanes) is 1. The van der Waals surface area contributed by atoms with Crippen LogP contribution in [0.15, 0.2) is 48.7 Å². The number of imide groups is 2. The van der Waals surface area contributed by atoms with Gasteiger partial charge in [-0.25, -0.2) is 15.0 Å². The summed E-state index contributed by atoms with van der Waals surface area (Å²) in [7, 11) is 0. The summed E-state index contributed by atoms with van der Waals surface area (Å²) < 4.78 is 0. The number of aromatic nitrogens is 3. The minimum atomic E-state index is -1.11. The summed E-state index contributed by atoms with van der Waals surface area (Å²) in [6.45, 7) is 5.73. The highest BCUT2D eigenvalue weighted by Gasteiger charge is 2.45. The Kier molecular flexibility index (Phi) is 11.8. The molecule has 3 aliphatic heterocycles. The Hall–Kier alpha value is -6.27. The second-order valence-electron chi connectivity index (χ2n) is 14.0. The Bertz CT molecular complexity index is 2320. The zero-order chi connectivity index (χ0) is 41.1. The molecule has 4 N–H and O–H groups in total. The highest BCUT2D eigenvalue weighted by Crippen LogP contribution is 2.33. The van der Waals surface area contributed by atoms with E-state index in [4.69, 9.17) is 11.6 Å². The van der Waals surface area contributed by atoms with Gasteiger partial charge in [0.25, 0.3) is 17.7 Å². The van der Waals surface area contributed by atoms with Gasteiger partial charge in [0.15, 0.2) is 5.13 Å². The SMILES string of the molecule is Cc1nc(Nc2ncc(C(=O)Nc3c(C)cccc3Cl)s2)cc(N2CCN(C(=O)CCCCC(=O)Nc3cccc4c3C(=O)N(C3CCC(=O)NC3=O)C4=O)CC2)n1. The van der Waals surface area contributed by atoms with E-state index in [9.17, 15) is 33.6 Å². The van der Waals surface area contributed by atoms with Crippen LogP contribution in [0.5, 0.6) is 0 Å². The van der Waals surface area contributed by atoms with Gasteiger partial charge < -0.3 is 25.8 Å². The Morgan fingerprint density at radius 1 is 0.931 bits per heavy atom. The molecular weight excluding hydrogens is 788 g/mol. The van der Waals surface area contributed by atoms with Gasteiger partial charge in [-0.3, -0.25) is 43.8 Å². The van der Waals surface area contributed by atoms with Gasteiger partial charge in [0.2, 0.25) is 23.6 Å². The number of rotatable bonds is 12. The molecule has 19 heteroatoms. The first-order valence-corrected chi connectivity index (χ1v) is 19.9. The predicted octanol–water partition coefficient (Wildman–Crippen LogP) is 4.45. The van der Waals surface area contributed by atoms with E-state index in [1.807, 2.05) is 19.1 Å². The molecule has 2 aromatic heterocycles. The third-order valence-electron chi connectivity index (χ3n) is 9.99. The molecule has 5 heterocycles. The van der Waals surface area contributed by atoms with Crippen LogP contribution in [0.1, 0.15) is 80.3 Å². The Morgan fingerprint density at radius 3 is 2.45 bits per heavy atom. The number of halogens is 1. The van der Waals surface area contributed by atoms with Crippen molar-refractivity contribution >= 4 is 92.4 Å². The highest BCUT2D eigenvalue weighted by atomic mass is 35.5. The van der Waals surface area contributed by atoms with Gasteiger partial charge in [0, 0.05) is 51.5 Å². The number of piperidine rings is 1. The molecule has 2 aromatic carbocycles. The average Bonchev–Trinajstić information content (AvgIpc) is 3.76. The molecule has 2 saturated heterocycles. The first kappa shape index (κ1) is 39.9. The fourth-order valence-electron chi connectivity index (χ4n) is 7.03. The van der Waals surface area contributed by atoms with Gasteiger partial charge in [-0.15, -0.1) is 0 Å². The monoisotopic (exact) mass is 826 g/mol. The van der Waals surface area contributed by atoms with E-state index in [0.717, 1.165) is 10.5 Å². The van der Waals surface area contributed by atoms with Crippen molar-refractivity contribution in [1.29, 1.82) is 0 Å². The van der Waals surface area contributed by atoms with Crippen LogP contribution in [0.3, 0.4) is 0 Å². The van der Waals surface area contributed by atoms with E-state index >= 15 is 0 Å². The molecule has 1 atom stereocenters. The number of hydrogen-bond donors (Lipinski definition) is 4. The van der Waals surface area contributed by atoms with Crippen molar-refractivity contribution in [3.8, 4) is 0 Å². The zero-order valence-corrected chi connectivity index (χ0v) is 33.2. The molecule has 300 valence electrons. The number of thiazole rings is 1. The maximum Gasteiger partial charge on any atom is 0.267 e. The second kappa shape index (κ2) is 17.1. The zero-order valence-electron chi connectivity index (χ0n) is 31.6. The van der Waals surface area contributed by atoms with Crippen molar-refractivity contribution in [3.05, 3.63) is 81.1 Å². The van der Waals surface area contributed by atoms with Crippen LogP contribution in [0.25, 0.3) is 0 Å². The molecule has 0 saturated carbocycles. The molecular formula is C39H39ClN10O7S. The van der Waals surface area contributed by atoms with Gasteiger partial charge in [-0.2, -0.15) is 0 Å². The standard InChI is InChI=1S/C39H39ClN10O7S/c1-21-7-5-9-24(40)34(21)47-36(55)27-20-41-39(58-27)45-28-19-29(43-22(2)42-28)48-15-17-49(18-16-48)32(53)12-4-3-11-30(51)44-25-10-6-8-23-33(25)38(57)50(37(23)56)26-13-14-31(52)46-35(26)54/h5-10,19-20,26H,3-4,11-18H2,1-2H3,(H,44,51)(H,47,55)(H,46,52,54)(H,41,42,43,45). The van der Waals surface area contributed by atoms with Crippen molar-refractivity contribution in [2.24, 2.45) is 0 Å². The molecule has 0 bridgehead atoms. The van der Waals surface area contributed by atoms with E-state index in [1.165, 1.54) is 29.7 Å². The van der Waals surface area contributed by atoms with Gasteiger partial charge >= 0.3 is 0 Å². The Morgan fingerprint density at radius 2 is 1.69 bits per heavy atom. The van der Waals surface area contributed by atoms with Crippen molar-refractivity contribution in [1.82, 2.24) is 30.1 Å². The van der Waals surface area contributed by atoms with E-state index < -0.39 is 29.7 Å². The van der Waals surface area contributed by atoms with Gasteiger partial charge in [-0.05, 0) is 56.9 Å². The number of benzene rings is 2. The van der Waals surface area contributed by atoms with Crippen LogP contribution in [0.2, 0.25) is 5.02 Å². The average molecular weight is 827 g/mol. The van der Waals surface area contributed by atoms with Gasteiger partial charge in [0.05, 0.1) is 33.7 Å². The minimum absolute atomic E-state index is 0.00200. The molecule has 7 amide bonds. The maximum atomic E-state index is 13.3. The summed E-state index contributed by atoms with van der Waals surface area (Å²) in [4.78, 5) is 108. The number of fused-ring (bicyclic) bond motifs is 1. The molecule has 17 nitrogen and oxygen atoms in total. The first-order valence-electron chi connectivity index (χ1n) is 18.7. The summed E-state index contributed by atoms with van der Waals surface area (Å²) in [5.41, 5.74) is 1.63. The van der Waals surface area contributed by atoms with Crippen LogP contribution in [-0.4, -0.2) is 98.3 Å². The number of anilines is 5. The normalized spacial score (nSPS) is 16.6. The lowest BCUT2D eigenvalue weighted by Gasteiger charge is -2.35. The summed E-state index contributed by atoms with van der Waals surface area (Å²) in [5.74, 6) is -1.53. The van der Waals surface area contributed by atoms with E-state index in [-0.39, 0.29) is 60.2 Å². The number of carbonyl (C=O) groups excluding carboxylic acids is 7. The molecule has 4 aromatic rings. The second-order valence-corrected chi connectivity index (χ2v) is 15.4. The number of piperazine rings is 1. The van der Waals surface area contributed by atoms with Gasteiger partial charge in [-0.1, -0.05) is 41.1 Å². The minimum Gasteiger partial charge on any atom is -0.353 e. The van der Waals surface area contributed by atoms with Crippen LogP contribution in [0.4, 0.5) is 28.1 Å². The van der Waals surface area contributed by atoms with Crippen LogP contribution < -0.4 is 26.2 Å². The molecule has 0 spiro atoms. The molecule has 58 heavy (non-hydrogen) atoms. The van der Waals surface area contributed by atoms with E-state index in [0.29, 0.717) is 77.2 Å². The number of carbonyl (C=O) groups is 7. The Labute approximate surface area is 341 Å². The molecule has 3 aliphatic rings. The molecule has 7 rings (SSSR count). The summed E-state index contributed by atoms with van der Waals surface area (Å²) in [5, 5.41) is 11.8. The highest BCUT2D eigenvalue weighted by molar-refractivity contribution is 7.17. The quantitative estimate of drug-likeness (QED) is 0.115. The number of hydrogen-bond acceptors (Lipinski definition) is 13. The number of amides is 7. The van der Waals surface area contributed by atoms with E-state index in [2.05, 4.69) is 41.1 Å². The lowest BCUT2D eigenvalue weighted by atomic mass is 10.0. The fourth-order valence-corrected chi connectivity index (χ4v) is 8.01. The lowest BCUT2D eigenvalue weighted by molar-refractivity contribution is -0.136. The summed E-state index contributed by atoms with van der Waals surface area (Å²) >= 11 is 7.45. The topological polar surface area (TPSA) is 216 Å². The van der Waals surface area contributed by atoms with Crippen molar-refractivity contribution in [3.63, 3.8) is 0 Å². The van der Waals surface area contributed by atoms with Crippen LogP contribution >= 0.6 is 22.9 Å². The number of nitrogens with zero attached hydrogens (tertiary/aromatic N) is 6. The third-order valence-corrected chi connectivity index (χ3v) is 11.2. The van der Waals surface area contributed by atoms with Gasteiger partial charge in [0.1, 0.15) is 28.4 Å². The predicted molar refractivity (Wildman–Crippen MR) is 215 cm³/mol. The molecule has 2 fully saturated rings. The third kappa shape index (κ3) is 8.67. The summed E-state index contributed by atoms with van der Waals surface area (Å²) in [6, 6.07) is 10.6. The van der Waals surface area contributed by atoms with Crippen molar-refractivity contribution < 1.29 is 33.6 Å². The largest absolute Gasteiger partial charge is 0.353 e. The Balaban J connectivity index is 0.857. The fraction of sp³-hybridized carbons (Fsp3) is 0.333. The van der Waals surface area contributed by atoms with Crippen LogP contribution in [0, 0.1) is 13.8 Å².